The number of allylic oxidation sites excluding steroid dienone is 1. The van der Waals surface area contributed by atoms with Crippen LogP contribution in [0.1, 0.15) is 30.4 Å². The van der Waals surface area contributed by atoms with Gasteiger partial charge in [0.1, 0.15) is 0 Å². The van der Waals surface area contributed by atoms with Gasteiger partial charge in [-0.25, -0.2) is 9.59 Å². The molecule has 1 saturated heterocycles. The molecule has 7 nitrogen and oxygen atoms in total. The van der Waals surface area contributed by atoms with Crippen LogP contribution in [0.15, 0.2) is 46.8 Å². The van der Waals surface area contributed by atoms with E-state index in [-0.39, 0.29) is 17.2 Å². The Hall–Kier alpha value is -2.56. The topological polar surface area (TPSA) is 68.3 Å². The summed E-state index contributed by atoms with van der Waals surface area (Å²) in [6.07, 6.45) is -4.12. The standard InChI is InChI=1S/C24H28ClF3N2O5/c1-15-19(22(31)33-2)20(16-4-6-17(7-5-16)24(26,27)28)21(23(32)34-3)18(30(15)14-25)8-9-29-10-12-35-13-11-29/h4-7,20H,8-14H2,1-3H3. The van der Waals surface area contributed by atoms with Gasteiger partial charge in [0.15, 0.2) is 0 Å². The summed E-state index contributed by atoms with van der Waals surface area (Å²) in [4.78, 5) is 29.8. The molecule has 0 N–H and O–H groups in total. The number of rotatable bonds is 7. The molecule has 0 bridgehead atoms. The maximum atomic E-state index is 13.2. The minimum atomic E-state index is -4.53. The first kappa shape index (κ1) is 27.0. The first-order chi connectivity index (χ1) is 16.6. The minimum Gasteiger partial charge on any atom is -0.466 e. The summed E-state index contributed by atoms with van der Waals surface area (Å²) in [5.74, 6) is -2.40. The number of carbonyl (C=O) groups excluding carboxylic acids is 2. The number of hydrogen-bond acceptors (Lipinski definition) is 7. The third-order valence-corrected chi connectivity index (χ3v) is 6.52. The van der Waals surface area contributed by atoms with E-state index in [2.05, 4.69) is 4.90 Å². The molecule has 2 aliphatic rings. The summed E-state index contributed by atoms with van der Waals surface area (Å²) in [5, 5.41) is 0. The van der Waals surface area contributed by atoms with Gasteiger partial charge in [-0.2, -0.15) is 13.2 Å². The van der Waals surface area contributed by atoms with Crippen molar-refractivity contribution in [3.63, 3.8) is 0 Å². The second-order valence-electron chi connectivity index (χ2n) is 8.15. The van der Waals surface area contributed by atoms with Gasteiger partial charge in [-0.3, -0.25) is 4.90 Å². The van der Waals surface area contributed by atoms with Crippen molar-refractivity contribution in [3.05, 3.63) is 57.9 Å². The molecule has 11 heteroatoms. The van der Waals surface area contributed by atoms with E-state index in [4.69, 9.17) is 25.8 Å². The average molecular weight is 517 g/mol. The van der Waals surface area contributed by atoms with Crippen molar-refractivity contribution < 1.29 is 37.0 Å². The Labute approximate surface area is 207 Å². The summed E-state index contributed by atoms with van der Waals surface area (Å²) in [5.41, 5.74) is 0.762. The molecular formula is C24H28ClF3N2O5. The third-order valence-electron chi connectivity index (χ3n) is 6.28. The normalized spacial score (nSPS) is 19.7. The van der Waals surface area contributed by atoms with E-state index in [9.17, 15) is 22.8 Å². The van der Waals surface area contributed by atoms with Crippen LogP contribution in [0.4, 0.5) is 13.2 Å². The molecule has 0 saturated carbocycles. The smallest absolute Gasteiger partial charge is 0.416 e. The van der Waals surface area contributed by atoms with E-state index >= 15 is 0 Å². The lowest BCUT2D eigenvalue weighted by atomic mass is 9.79. The molecule has 1 aromatic rings. The van der Waals surface area contributed by atoms with E-state index < -0.39 is 29.6 Å². The molecule has 1 fully saturated rings. The van der Waals surface area contributed by atoms with Crippen LogP contribution < -0.4 is 0 Å². The van der Waals surface area contributed by atoms with E-state index in [1.165, 1.54) is 26.4 Å². The number of esters is 2. The Morgan fingerprint density at radius 2 is 1.63 bits per heavy atom. The molecule has 3 rings (SSSR count). The lowest BCUT2D eigenvalue weighted by Gasteiger charge is -2.38. The van der Waals surface area contributed by atoms with Crippen molar-refractivity contribution in [3.8, 4) is 0 Å². The summed E-state index contributed by atoms with van der Waals surface area (Å²) in [6.45, 7) is 4.92. The molecule has 2 aliphatic heterocycles. The Bertz CT molecular complexity index is 1000. The fraction of sp³-hybridized carbons (Fsp3) is 0.500. The number of methoxy groups -OCH3 is 2. The summed E-state index contributed by atoms with van der Waals surface area (Å²) in [7, 11) is 2.42. The second-order valence-corrected chi connectivity index (χ2v) is 8.39. The van der Waals surface area contributed by atoms with Gasteiger partial charge in [0, 0.05) is 37.4 Å². The van der Waals surface area contributed by atoms with Crippen molar-refractivity contribution in [1.29, 1.82) is 0 Å². The maximum absolute atomic E-state index is 13.2. The number of benzene rings is 1. The van der Waals surface area contributed by atoms with Crippen LogP contribution in [0.25, 0.3) is 0 Å². The Balaban J connectivity index is 2.16. The molecule has 0 aliphatic carbocycles. The van der Waals surface area contributed by atoms with Crippen molar-refractivity contribution in [2.45, 2.75) is 25.4 Å². The lowest BCUT2D eigenvalue weighted by Crippen LogP contribution is -2.40. The van der Waals surface area contributed by atoms with Gasteiger partial charge in [0.2, 0.25) is 0 Å². The van der Waals surface area contributed by atoms with Gasteiger partial charge in [0.05, 0.1) is 56.1 Å². The largest absolute Gasteiger partial charge is 0.466 e. The summed E-state index contributed by atoms with van der Waals surface area (Å²) >= 11 is 6.28. The van der Waals surface area contributed by atoms with Gasteiger partial charge in [-0.1, -0.05) is 12.1 Å². The number of halogens is 4. The van der Waals surface area contributed by atoms with Gasteiger partial charge < -0.3 is 19.1 Å². The van der Waals surface area contributed by atoms with Crippen molar-refractivity contribution >= 4 is 23.5 Å². The van der Waals surface area contributed by atoms with Gasteiger partial charge in [-0.15, -0.1) is 11.6 Å². The number of carbonyl (C=O) groups is 2. The van der Waals surface area contributed by atoms with Crippen molar-refractivity contribution in [2.75, 3.05) is 53.1 Å². The Morgan fingerprint density at radius 3 is 2.14 bits per heavy atom. The quantitative estimate of drug-likeness (QED) is 0.309. The van der Waals surface area contributed by atoms with Crippen molar-refractivity contribution in [2.24, 2.45) is 0 Å². The second kappa shape index (κ2) is 11.5. The monoisotopic (exact) mass is 516 g/mol. The molecule has 1 unspecified atom stereocenters. The Morgan fingerprint density at radius 1 is 1.06 bits per heavy atom. The molecule has 192 valence electrons. The van der Waals surface area contributed by atoms with Crippen LogP contribution in [-0.2, 0) is 30.0 Å². The number of hydrogen-bond donors (Lipinski definition) is 0. The van der Waals surface area contributed by atoms with E-state index in [1.807, 2.05) is 0 Å². The van der Waals surface area contributed by atoms with Crippen LogP contribution >= 0.6 is 11.6 Å². The number of morpholine rings is 1. The maximum Gasteiger partial charge on any atom is 0.416 e. The molecule has 0 spiro atoms. The van der Waals surface area contributed by atoms with Crippen LogP contribution in [-0.4, -0.2) is 74.8 Å². The molecule has 0 aromatic heterocycles. The molecule has 0 amide bonds. The van der Waals surface area contributed by atoms with E-state index in [0.717, 1.165) is 25.2 Å². The highest BCUT2D eigenvalue weighted by atomic mass is 35.5. The SMILES string of the molecule is COC(=O)C1=C(C)N(CCl)C(CCN2CCOCC2)=C(C(=O)OC)C1c1ccc(C(F)(F)F)cc1. The van der Waals surface area contributed by atoms with E-state index in [1.54, 1.807) is 11.8 Å². The molecule has 1 aromatic carbocycles. The molecule has 35 heavy (non-hydrogen) atoms. The van der Waals surface area contributed by atoms with Gasteiger partial charge >= 0.3 is 18.1 Å². The molecule has 2 heterocycles. The van der Waals surface area contributed by atoms with Crippen LogP contribution in [0.3, 0.4) is 0 Å². The first-order valence-corrected chi connectivity index (χ1v) is 11.6. The summed E-state index contributed by atoms with van der Waals surface area (Å²) < 4.78 is 55.0. The number of alkyl halides is 4. The highest BCUT2D eigenvalue weighted by Gasteiger charge is 2.41. The van der Waals surface area contributed by atoms with Crippen LogP contribution in [0.2, 0.25) is 0 Å². The zero-order chi connectivity index (χ0) is 25.8. The number of ether oxygens (including phenoxy) is 3. The minimum absolute atomic E-state index is 0.0506. The van der Waals surface area contributed by atoms with Gasteiger partial charge in [-0.05, 0) is 24.6 Å². The third kappa shape index (κ3) is 5.82. The van der Waals surface area contributed by atoms with Crippen LogP contribution in [0, 0.1) is 0 Å². The highest BCUT2D eigenvalue weighted by Crippen LogP contribution is 2.44. The van der Waals surface area contributed by atoms with Gasteiger partial charge in [0.25, 0.3) is 0 Å². The zero-order valence-corrected chi connectivity index (χ0v) is 20.5. The zero-order valence-electron chi connectivity index (χ0n) is 19.8. The summed E-state index contributed by atoms with van der Waals surface area (Å²) in [6, 6.07) is 4.34. The molecular weight excluding hydrogens is 489 g/mol. The lowest BCUT2D eigenvalue weighted by molar-refractivity contribution is -0.138. The van der Waals surface area contributed by atoms with E-state index in [0.29, 0.717) is 43.1 Å². The van der Waals surface area contributed by atoms with Crippen molar-refractivity contribution in [1.82, 2.24) is 9.80 Å². The molecule has 0 radical (unpaired) electrons. The predicted octanol–water partition coefficient (Wildman–Crippen LogP) is 3.90. The fourth-order valence-corrected chi connectivity index (χ4v) is 4.78. The highest BCUT2D eigenvalue weighted by molar-refractivity contribution is 6.18. The van der Waals surface area contributed by atoms with Crippen LogP contribution in [0.5, 0.6) is 0 Å². The first-order valence-electron chi connectivity index (χ1n) is 11.0. The number of nitrogens with zero attached hydrogens (tertiary/aromatic N) is 2. The average Bonchev–Trinajstić information content (AvgIpc) is 2.86. The fourth-order valence-electron chi connectivity index (χ4n) is 4.45. The Kier molecular flexibility index (Phi) is 8.84. The molecule has 1 atom stereocenters. The predicted molar refractivity (Wildman–Crippen MR) is 122 cm³/mol.